The van der Waals surface area contributed by atoms with Crippen LogP contribution in [0.3, 0.4) is 0 Å². The molecule has 0 saturated carbocycles. The summed E-state index contributed by atoms with van der Waals surface area (Å²) in [5, 5.41) is 6.21. The fourth-order valence-electron chi connectivity index (χ4n) is 2.70. The molecule has 0 fully saturated rings. The Hall–Kier alpha value is -2.28. The number of hydrogen-bond donors (Lipinski definition) is 1. The molecular formula is C20H21N. The van der Waals surface area contributed by atoms with E-state index in [0.717, 1.165) is 13.0 Å². The monoisotopic (exact) mass is 275 g/mol. The molecule has 0 spiro atoms. The minimum Gasteiger partial charge on any atom is -0.385 e. The third kappa shape index (κ3) is 3.08. The average molecular weight is 275 g/mol. The van der Waals surface area contributed by atoms with Gasteiger partial charge in [-0.2, -0.15) is 0 Å². The Bertz CT molecular complexity index is 753. The molecule has 3 aromatic carbocycles. The van der Waals surface area contributed by atoms with E-state index >= 15 is 0 Å². The van der Waals surface area contributed by atoms with Gasteiger partial charge in [-0.3, -0.25) is 0 Å². The van der Waals surface area contributed by atoms with Gasteiger partial charge in [0.1, 0.15) is 0 Å². The summed E-state index contributed by atoms with van der Waals surface area (Å²) in [5.41, 5.74) is 5.29. The van der Waals surface area contributed by atoms with Crippen LogP contribution in [0, 0.1) is 13.8 Å². The third-order valence-corrected chi connectivity index (χ3v) is 4.11. The molecule has 0 radical (unpaired) electrons. The van der Waals surface area contributed by atoms with E-state index in [0.29, 0.717) is 0 Å². The summed E-state index contributed by atoms with van der Waals surface area (Å²) in [6.45, 7) is 5.26. The average Bonchev–Trinajstić information content (AvgIpc) is 2.51. The number of rotatable bonds is 4. The normalized spacial score (nSPS) is 10.8. The highest BCUT2D eigenvalue weighted by Crippen LogP contribution is 2.19. The molecule has 1 N–H and O–H groups in total. The molecule has 0 aliphatic carbocycles. The maximum Gasteiger partial charge on any atom is 0.0343 e. The topological polar surface area (TPSA) is 12.0 Å². The van der Waals surface area contributed by atoms with Gasteiger partial charge in [0.2, 0.25) is 0 Å². The van der Waals surface area contributed by atoms with Gasteiger partial charge in [-0.05, 0) is 59.9 Å². The molecule has 0 bridgehead atoms. The van der Waals surface area contributed by atoms with Crippen LogP contribution in [0.5, 0.6) is 0 Å². The van der Waals surface area contributed by atoms with Crippen molar-refractivity contribution in [2.45, 2.75) is 20.3 Å². The van der Waals surface area contributed by atoms with Crippen LogP contribution < -0.4 is 5.32 Å². The van der Waals surface area contributed by atoms with Crippen LogP contribution in [0.15, 0.2) is 60.7 Å². The van der Waals surface area contributed by atoms with E-state index < -0.39 is 0 Å². The quantitative estimate of drug-likeness (QED) is 0.697. The lowest BCUT2D eigenvalue weighted by Crippen LogP contribution is -2.05. The van der Waals surface area contributed by atoms with Crippen molar-refractivity contribution >= 4 is 16.5 Å². The molecule has 0 atom stereocenters. The Morgan fingerprint density at radius 3 is 2.48 bits per heavy atom. The molecule has 0 unspecified atom stereocenters. The maximum atomic E-state index is 3.53. The summed E-state index contributed by atoms with van der Waals surface area (Å²) in [6.07, 6.45) is 1.04. The SMILES string of the molecule is Cc1ccc(NCCc2cccc3ccccc23)cc1C. The van der Waals surface area contributed by atoms with Gasteiger partial charge in [-0.25, -0.2) is 0 Å². The molecule has 0 amide bonds. The first-order chi connectivity index (χ1) is 10.2. The van der Waals surface area contributed by atoms with Crippen LogP contribution in [0.4, 0.5) is 5.69 Å². The molecule has 0 heterocycles. The van der Waals surface area contributed by atoms with E-state index in [2.05, 4.69) is 79.8 Å². The zero-order valence-electron chi connectivity index (χ0n) is 12.7. The Labute approximate surface area is 126 Å². The van der Waals surface area contributed by atoms with Crippen molar-refractivity contribution in [2.24, 2.45) is 0 Å². The fraction of sp³-hybridized carbons (Fsp3) is 0.200. The predicted molar refractivity (Wildman–Crippen MR) is 92.1 cm³/mol. The van der Waals surface area contributed by atoms with Crippen LogP contribution in [0.1, 0.15) is 16.7 Å². The smallest absolute Gasteiger partial charge is 0.0343 e. The molecular weight excluding hydrogens is 254 g/mol. The van der Waals surface area contributed by atoms with Crippen molar-refractivity contribution in [3.8, 4) is 0 Å². The van der Waals surface area contributed by atoms with Crippen LogP contribution >= 0.6 is 0 Å². The number of benzene rings is 3. The molecule has 106 valence electrons. The lowest BCUT2D eigenvalue weighted by molar-refractivity contribution is 1.03. The first-order valence-corrected chi connectivity index (χ1v) is 7.52. The van der Waals surface area contributed by atoms with Gasteiger partial charge in [0.15, 0.2) is 0 Å². The van der Waals surface area contributed by atoms with Gasteiger partial charge in [0, 0.05) is 12.2 Å². The van der Waals surface area contributed by atoms with Crippen LogP contribution in [0.2, 0.25) is 0 Å². The van der Waals surface area contributed by atoms with Gasteiger partial charge in [0.25, 0.3) is 0 Å². The molecule has 0 aliphatic rings. The summed E-state index contributed by atoms with van der Waals surface area (Å²) >= 11 is 0. The summed E-state index contributed by atoms with van der Waals surface area (Å²) < 4.78 is 0. The van der Waals surface area contributed by atoms with Crippen LogP contribution in [-0.4, -0.2) is 6.54 Å². The maximum absolute atomic E-state index is 3.53. The third-order valence-electron chi connectivity index (χ3n) is 4.11. The molecule has 21 heavy (non-hydrogen) atoms. The molecule has 1 nitrogen and oxygen atoms in total. The van der Waals surface area contributed by atoms with Gasteiger partial charge >= 0.3 is 0 Å². The van der Waals surface area contributed by atoms with Crippen molar-refractivity contribution in [1.82, 2.24) is 0 Å². The second-order valence-electron chi connectivity index (χ2n) is 5.61. The fourth-order valence-corrected chi connectivity index (χ4v) is 2.70. The lowest BCUT2D eigenvalue weighted by Gasteiger charge is -2.10. The molecule has 0 saturated heterocycles. The minimum atomic E-state index is 0.955. The highest BCUT2D eigenvalue weighted by atomic mass is 14.9. The minimum absolute atomic E-state index is 0.955. The summed E-state index contributed by atoms with van der Waals surface area (Å²) in [4.78, 5) is 0. The summed E-state index contributed by atoms with van der Waals surface area (Å²) in [6, 6.07) is 21.7. The highest BCUT2D eigenvalue weighted by molar-refractivity contribution is 5.85. The van der Waals surface area contributed by atoms with E-state index in [1.807, 2.05) is 0 Å². The van der Waals surface area contributed by atoms with E-state index in [4.69, 9.17) is 0 Å². The number of hydrogen-bond acceptors (Lipinski definition) is 1. The van der Waals surface area contributed by atoms with Crippen molar-refractivity contribution in [3.63, 3.8) is 0 Å². The highest BCUT2D eigenvalue weighted by Gasteiger charge is 2.01. The van der Waals surface area contributed by atoms with E-state index in [9.17, 15) is 0 Å². The molecule has 3 aromatic rings. The van der Waals surface area contributed by atoms with Crippen LogP contribution in [0.25, 0.3) is 10.8 Å². The van der Waals surface area contributed by atoms with Crippen molar-refractivity contribution in [2.75, 3.05) is 11.9 Å². The van der Waals surface area contributed by atoms with E-state index in [1.165, 1.54) is 33.2 Å². The predicted octanol–water partition coefficient (Wildman–Crippen LogP) is 5.11. The van der Waals surface area contributed by atoms with Gasteiger partial charge in [-0.1, -0.05) is 48.5 Å². The largest absolute Gasteiger partial charge is 0.385 e. The van der Waals surface area contributed by atoms with E-state index in [-0.39, 0.29) is 0 Å². The molecule has 0 aromatic heterocycles. The van der Waals surface area contributed by atoms with E-state index in [1.54, 1.807) is 0 Å². The van der Waals surface area contributed by atoms with Crippen molar-refractivity contribution in [1.29, 1.82) is 0 Å². The van der Waals surface area contributed by atoms with Crippen LogP contribution in [-0.2, 0) is 6.42 Å². The van der Waals surface area contributed by atoms with Gasteiger partial charge in [-0.15, -0.1) is 0 Å². The number of anilines is 1. The molecule has 1 heteroatoms. The molecule has 3 rings (SSSR count). The number of fused-ring (bicyclic) bond motifs is 1. The Morgan fingerprint density at radius 1 is 0.810 bits per heavy atom. The first-order valence-electron chi connectivity index (χ1n) is 7.52. The second kappa shape index (κ2) is 6.01. The molecule has 0 aliphatic heterocycles. The standard InChI is InChI=1S/C20H21N/c1-15-10-11-19(14-16(15)2)21-13-12-18-8-5-7-17-6-3-4-9-20(17)18/h3-11,14,21H,12-13H2,1-2H3. The van der Waals surface area contributed by atoms with Gasteiger partial charge in [0.05, 0.1) is 0 Å². The number of aryl methyl sites for hydroxylation is 2. The van der Waals surface area contributed by atoms with Crippen molar-refractivity contribution in [3.05, 3.63) is 77.4 Å². The first kappa shape index (κ1) is 13.7. The number of nitrogens with one attached hydrogen (secondary N) is 1. The van der Waals surface area contributed by atoms with Crippen molar-refractivity contribution < 1.29 is 0 Å². The zero-order chi connectivity index (χ0) is 14.7. The Kier molecular flexibility index (Phi) is 3.92. The second-order valence-corrected chi connectivity index (χ2v) is 5.61. The summed E-state index contributed by atoms with van der Waals surface area (Å²) in [7, 11) is 0. The Balaban J connectivity index is 1.70. The zero-order valence-corrected chi connectivity index (χ0v) is 12.7. The summed E-state index contributed by atoms with van der Waals surface area (Å²) in [5.74, 6) is 0. The lowest BCUT2D eigenvalue weighted by atomic mass is 10.0. The van der Waals surface area contributed by atoms with Gasteiger partial charge < -0.3 is 5.32 Å². The Morgan fingerprint density at radius 2 is 1.62 bits per heavy atom.